The van der Waals surface area contributed by atoms with E-state index in [0.717, 1.165) is 16.8 Å². The number of furan rings is 2. The van der Waals surface area contributed by atoms with Crippen molar-refractivity contribution in [3.05, 3.63) is 49.4 Å². The van der Waals surface area contributed by atoms with E-state index in [-0.39, 0.29) is 5.75 Å². The molecule has 0 amide bonds. The smallest absolute Gasteiger partial charge is 0.141 e. The molecular formula is C13H9NO3. The summed E-state index contributed by atoms with van der Waals surface area (Å²) in [4.78, 5) is 4.15. The minimum atomic E-state index is 0.124. The van der Waals surface area contributed by atoms with Crippen molar-refractivity contribution < 1.29 is 13.9 Å². The average Bonchev–Trinajstić information content (AvgIpc) is 3.03. The summed E-state index contributed by atoms with van der Waals surface area (Å²) >= 11 is 0. The van der Waals surface area contributed by atoms with Crippen molar-refractivity contribution in [3.63, 3.8) is 0 Å². The normalized spacial score (nSPS) is 10.6. The molecule has 0 radical (unpaired) electrons. The minimum absolute atomic E-state index is 0.124. The number of pyridine rings is 1. The Hall–Kier alpha value is -2.49. The van der Waals surface area contributed by atoms with Gasteiger partial charge >= 0.3 is 0 Å². The van der Waals surface area contributed by atoms with Gasteiger partial charge in [-0.25, -0.2) is 0 Å². The third-order valence-corrected chi connectivity index (χ3v) is 2.53. The highest BCUT2D eigenvalue weighted by molar-refractivity contribution is 5.73. The van der Waals surface area contributed by atoms with Crippen LogP contribution < -0.4 is 0 Å². The fraction of sp³-hybridized carbons (Fsp3) is 0. The number of nitrogens with zero attached hydrogens (tertiary/aromatic N) is 1. The maximum absolute atomic E-state index is 9.78. The van der Waals surface area contributed by atoms with E-state index in [4.69, 9.17) is 8.83 Å². The van der Waals surface area contributed by atoms with Crippen LogP contribution in [0.25, 0.3) is 22.4 Å². The average molecular weight is 227 g/mol. The van der Waals surface area contributed by atoms with Crippen molar-refractivity contribution in [2.24, 2.45) is 0 Å². The SMILES string of the molecule is Oc1cnc(-c2ccoc2)cc1-c1ccoc1. The minimum Gasteiger partial charge on any atom is -0.506 e. The Morgan fingerprint density at radius 2 is 1.71 bits per heavy atom. The Balaban J connectivity index is 2.13. The highest BCUT2D eigenvalue weighted by Gasteiger charge is 2.09. The van der Waals surface area contributed by atoms with Gasteiger partial charge in [0, 0.05) is 16.7 Å². The Labute approximate surface area is 97.1 Å². The highest BCUT2D eigenvalue weighted by Crippen LogP contribution is 2.32. The largest absolute Gasteiger partial charge is 0.506 e. The molecule has 0 aromatic carbocycles. The molecule has 17 heavy (non-hydrogen) atoms. The molecule has 0 spiro atoms. The van der Waals surface area contributed by atoms with Crippen LogP contribution in [0.15, 0.2) is 58.3 Å². The first-order valence-electron chi connectivity index (χ1n) is 5.09. The molecule has 3 rings (SSSR count). The van der Waals surface area contributed by atoms with E-state index >= 15 is 0 Å². The van der Waals surface area contributed by atoms with E-state index < -0.39 is 0 Å². The molecule has 0 unspecified atom stereocenters. The van der Waals surface area contributed by atoms with Gasteiger partial charge in [-0.1, -0.05) is 0 Å². The van der Waals surface area contributed by atoms with Gasteiger partial charge in [-0.3, -0.25) is 4.98 Å². The molecule has 4 heteroatoms. The quantitative estimate of drug-likeness (QED) is 0.729. The van der Waals surface area contributed by atoms with Crippen LogP contribution in [0.5, 0.6) is 5.75 Å². The van der Waals surface area contributed by atoms with Gasteiger partial charge < -0.3 is 13.9 Å². The third-order valence-electron chi connectivity index (χ3n) is 2.53. The molecule has 0 aliphatic carbocycles. The lowest BCUT2D eigenvalue weighted by atomic mass is 10.1. The molecule has 0 bridgehead atoms. The summed E-state index contributed by atoms with van der Waals surface area (Å²) in [6, 6.07) is 5.40. The molecule has 4 nitrogen and oxygen atoms in total. The predicted octanol–water partition coefficient (Wildman–Crippen LogP) is 3.31. The van der Waals surface area contributed by atoms with Crippen LogP contribution in [-0.2, 0) is 0 Å². The summed E-state index contributed by atoms with van der Waals surface area (Å²) in [6.45, 7) is 0. The van der Waals surface area contributed by atoms with Crippen LogP contribution in [-0.4, -0.2) is 10.1 Å². The zero-order valence-corrected chi connectivity index (χ0v) is 8.83. The van der Waals surface area contributed by atoms with Gasteiger partial charge in [0.2, 0.25) is 0 Å². The second kappa shape index (κ2) is 3.83. The molecule has 3 aromatic heterocycles. The van der Waals surface area contributed by atoms with Crippen LogP contribution in [0.3, 0.4) is 0 Å². The summed E-state index contributed by atoms with van der Waals surface area (Å²) < 4.78 is 10.0. The molecule has 0 saturated carbocycles. The fourth-order valence-electron chi connectivity index (χ4n) is 1.67. The molecule has 1 N–H and O–H groups in total. The Morgan fingerprint density at radius 1 is 1.00 bits per heavy atom. The van der Waals surface area contributed by atoms with Gasteiger partial charge in [-0.05, 0) is 18.2 Å². The van der Waals surface area contributed by atoms with Crippen molar-refractivity contribution in [1.82, 2.24) is 4.98 Å². The van der Waals surface area contributed by atoms with Gasteiger partial charge in [0.05, 0.1) is 36.9 Å². The van der Waals surface area contributed by atoms with Gasteiger partial charge in [-0.2, -0.15) is 0 Å². The number of aromatic nitrogens is 1. The summed E-state index contributed by atoms with van der Waals surface area (Å²) in [5, 5.41) is 9.78. The van der Waals surface area contributed by atoms with Crippen molar-refractivity contribution in [2.45, 2.75) is 0 Å². The van der Waals surface area contributed by atoms with Crippen LogP contribution in [0.4, 0.5) is 0 Å². The van der Waals surface area contributed by atoms with Crippen molar-refractivity contribution >= 4 is 0 Å². The topological polar surface area (TPSA) is 59.4 Å². The number of rotatable bonds is 2. The zero-order chi connectivity index (χ0) is 11.7. The van der Waals surface area contributed by atoms with Gasteiger partial charge in [0.1, 0.15) is 5.75 Å². The van der Waals surface area contributed by atoms with E-state index in [9.17, 15) is 5.11 Å². The first-order valence-corrected chi connectivity index (χ1v) is 5.09. The van der Waals surface area contributed by atoms with Crippen LogP contribution >= 0.6 is 0 Å². The molecule has 3 heterocycles. The van der Waals surface area contributed by atoms with Crippen molar-refractivity contribution in [1.29, 1.82) is 0 Å². The Morgan fingerprint density at radius 3 is 2.35 bits per heavy atom. The standard InChI is InChI=1S/C13H9NO3/c15-13-6-14-12(10-2-4-17-8-10)5-11(13)9-1-3-16-7-9/h1-8,15H. The molecule has 3 aromatic rings. The maximum Gasteiger partial charge on any atom is 0.141 e. The van der Waals surface area contributed by atoms with Crippen LogP contribution in [0.2, 0.25) is 0 Å². The van der Waals surface area contributed by atoms with Crippen molar-refractivity contribution in [2.75, 3.05) is 0 Å². The fourth-order valence-corrected chi connectivity index (χ4v) is 1.67. The first kappa shape index (κ1) is 9.72. The second-order valence-electron chi connectivity index (χ2n) is 3.61. The lowest BCUT2D eigenvalue weighted by Gasteiger charge is -2.03. The number of hydrogen-bond acceptors (Lipinski definition) is 4. The first-order chi connectivity index (χ1) is 8.34. The van der Waals surface area contributed by atoms with E-state index in [1.54, 1.807) is 37.2 Å². The monoisotopic (exact) mass is 227 g/mol. The van der Waals surface area contributed by atoms with Gasteiger partial charge in [0.25, 0.3) is 0 Å². The van der Waals surface area contributed by atoms with E-state index in [1.807, 2.05) is 6.07 Å². The lowest BCUT2D eigenvalue weighted by Crippen LogP contribution is -1.84. The maximum atomic E-state index is 9.78. The van der Waals surface area contributed by atoms with Gasteiger partial charge in [0.15, 0.2) is 0 Å². The predicted molar refractivity (Wildman–Crippen MR) is 61.3 cm³/mol. The lowest BCUT2D eigenvalue weighted by molar-refractivity contribution is 0.474. The van der Waals surface area contributed by atoms with Crippen molar-refractivity contribution in [3.8, 4) is 28.1 Å². The molecule has 0 atom stereocenters. The summed E-state index contributed by atoms with van der Waals surface area (Å²) in [5.74, 6) is 0.124. The number of aromatic hydroxyl groups is 1. The third kappa shape index (κ3) is 1.69. The molecule has 0 aliphatic rings. The molecule has 0 aliphatic heterocycles. The van der Waals surface area contributed by atoms with Gasteiger partial charge in [-0.15, -0.1) is 0 Å². The second-order valence-corrected chi connectivity index (χ2v) is 3.61. The molecule has 84 valence electrons. The zero-order valence-electron chi connectivity index (χ0n) is 8.83. The summed E-state index contributed by atoms with van der Waals surface area (Å²) in [6.07, 6.45) is 7.76. The highest BCUT2D eigenvalue weighted by atomic mass is 16.3. The summed E-state index contributed by atoms with van der Waals surface area (Å²) in [5.41, 5.74) is 3.11. The Kier molecular flexibility index (Phi) is 2.19. The van der Waals surface area contributed by atoms with E-state index in [1.165, 1.54) is 6.20 Å². The number of hydrogen-bond donors (Lipinski definition) is 1. The molecular weight excluding hydrogens is 218 g/mol. The van der Waals surface area contributed by atoms with E-state index in [2.05, 4.69) is 4.98 Å². The van der Waals surface area contributed by atoms with Crippen LogP contribution in [0.1, 0.15) is 0 Å². The molecule has 0 saturated heterocycles. The Bertz CT molecular complexity index is 612. The molecule has 0 fully saturated rings. The van der Waals surface area contributed by atoms with E-state index in [0.29, 0.717) is 5.56 Å². The van der Waals surface area contributed by atoms with Crippen LogP contribution in [0, 0.1) is 0 Å². The summed E-state index contributed by atoms with van der Waals surface area (Å²) in [7, 11) is 0.